The summed E-state index contributed by atoms with van der Waals surface area (Å²) >= 11 is 0. The minimum absolute atomic E-state index is 0.238. The summed E-state index contributed by atoms with van der Waals surface area (Å²) in [5.74, 6) is 0. The van der Waals surface area contributed by atoms with Crippen LogP contribution < -0.4 is 0 Å². The van der Waals surface area contributed by atoms with E-state index in [0.717, 1.165) is 26.2 Å². The van der Waals surface area contributed by atoms with Gasteiger partial charge in [0.05, 0.1) is 12.7 Å². The molecule has 7 nitrogen and oxygen atoms in total. The molecule has 120 valence electrons. The normalized spacial score (nSPS) is 24.6. The smallest absolute Gasteiger partial charge is 0.111 e. The van der Waals surface area contributed by atoms with E-state index >= 15 is 0 Å². The van der Waals surface area contributed by atoms with Gasteiger partial charge in [-0.2, -0.15) is 0 Å². The van der Waals surface area contributed by atoms with Gasteiger partial charge < -0.3 is 25.5 Å². The molecule has 7 heteroatoms. The summed E-state index contributed by atoms with van der Waals surface area (Å²) in [7, 11) is 0. The molecular formula is C13H28N2O5. The van der Waals surface area contributed by atoms with Crippen molar-refractivity contribution in [2.24, 2.45) is 0 Å². The van der Waals surface area contributed by atoms with Crippen LogP contribution in [0, 0.1) is 0 Å². The minimum atomic E-state index is -1.55. The van der Waals surface area contributed by atoms with Gasteiger partial charge in [0.1, 0.15) is 18.3 Å². The van der Waals surface area contributed by atoms with Gasteiger partial charge in [0, 0.05) is 38.8 Å². The Balaban J connectivity index is 2.37. The van der Waals surface area contributed by atoms with Crippen LogP contribution in [0.2, 0.25) is 0 Å². The van der Waals surface area contributed by atoms with E-state index in [2.05, 4.69) is 18.7 Å². The van der Waals surface area contributed by atoms with E-state index < -0.39 is 31.0 Å². The van der Waals surface area contributed by atoms with Crippen LogP contribution >= 0.6 is 0 Å². The maximum atomic E-state index is 9.90. The Morgan fingerprint density at radius 1 is 0.850 bits per heavy atom. The number of hydrogen-bond acceptors (Lipinski definition) is 7. The van der Waals surface area contributed by atoms with Gasteiger partial charge >= 0.3 is 0 Å². The SMILES string of the molecule is CC(C)N1CCN(CC(O)C(O)C(O)C(O)CO)CC1. The van der Waals surface area contributed by atoms with E-state index in [1.807, 2.05) is 4.90 Å². The van der Waals surface area contributed by atoms with Gasteiger partial charge in [-0.3, -0.25) is 9.80 Å². The molecule has 0 aliphatic carbocycles. The van der Waals surface area contributed by atoms with Crippen molar-refractivity contribution in [2.45, 2.75) is 44.3 Å². The maximum absolute atomic E-state index is 9.90. The van der Waals surface area contributed by atoms with E-state index in [1.54, 1.807) is 0 Å². The fourth-order valence-corrected chi connectivity index (χ4v) is 2.40. The molecule has 1 heterocycles. The first-order valence-electron chi connectivity index (χ1n) is 7.16. The lowest BCUT2D eigenvalue weighted by Gasteiger charge is -2.38. The summed E-state index contributed by atoms with van der Waals surface area (Å²) in [6.07, 6.45) is -5.62. The molecule has 0 bridgehead atoms. The second-order valence-corrected chi connectivity index (χ2v) is 5.73. The maximum Gasteiger partial charge on any atom is 0.111 e. The van der Waals surface area contributed by atoms with E-state index in [0.29, 0.717) is 6.04 Å². The molecule has 0 aromatic rings. The molecule has 20 heavy (non-hydrogen) atoms. The van der Waals surface area contributed by atoms with Crippen molar-refractivity contribution in [3.05, 3.63) is 0 Å². The van der Waals surface area contributed by atoms with Gasteiger partial charge in [-0.15, -0.1) is 0 Å². The van der Waals surface area contributed by atoms with Crippen molar-refractivity contribution in [1.29, 1.82) is 0 Å². The molecule has 0 radical (unpaired) electrons. The highest BCUT2D eigenvalue weighted by Gasteiger charge is 2.31. The molecule has 0 amide bonds. The Morgan fingerprint density at radius 2 is 1.35 bits per heavy atom. The molecule has 1 aliphatic rings. The second kappa shape index (κ2) is 8.23. The summed E-state index contributed by atoms with van der Waals surface area (Å²) in [6, 6.07) is 0.495. The highest BCUT2D eigenvalue weighted by atomic mass is 16.4. The molecule has 1 aliphatic heterocycles. The number of aliphatic hydroxyl groups excluding tert-OH is 5. The third-order valence-electron chi connectivity index (χ3n) is 3.91. The number of β-amino-alcohol motifs (C(OH)–C–C–N with tert-alkyl or cyclic N) is 1. The van der Waals surface area contributed by atoms with E-state index in [-0.39, 0.29) is 6.54 Å². The topological polar surface area (TPSA) is 108 Å². The van der Waals surface area contributed by atoms with Crippen LogP contribution in [-0.2, 0) is 0 Å². The Bertz CT molecular complexity index is 271. The number of nitrogens with zero attached hydrogens (tertiary/aromatic N) is 2. The summed E-state index contributed by atoms with van der Waals surface area (Å²) < 4.78 is 0. The van der Waals surface area contributed by atoms with Crippen molar-refractivity contribution in [1.82, 2.24) is 9.80 Å². The van der Waals surface area contributed by atoms with E-state index in [9.17, 15) is 20.4 Å². The molecule has 4 atom stereocenters. The molecule has 0 spiro atoms. The van der Waals surface area contributed by atoms with E-state index in [4.69, 9.17) is 5.11 Å². The van der Waals surface area contributed by atoms with Crippen LogP contribution in [0.5, 0.6) is 0 Å². The van der Waals surface area contributed by atoms with Crippen LogP contribution in [0.15, 0.2) is 0 Å². The molecule has 1 fully saturated rings. The lowest BCUT2D eigenvalue weighted by molar-refractivity contribution is -0.120. The highest BCUT2D eigenvalue weighted by Crippen LogP contribution is 2.10. The largest absolute Gasteiger partial charge is 0.394 e. The predicted octanol–water partition coefficient (Wildman–Crippen LogP) is -2.55. The standard InChI is InChI=1S/C13H28N2O5/c1-9(2)15-5-3-14(4-6-15)7-10(17)12(19)13(20)11(18)8-16/h9-13,16-20H,3-8H2,1-2H3. The third-order valence-corrected chi connectivity index (χ3v) is 3.91. The Labute approximate surface area is 120 Å². The zero-order chi connectivity index (χ0) is 15.3. The Hall–Kier alpha value is -0.280. The molecule has 0 aromatic carbocycles. The third kappa shape index (κ3) is 4.92. The van der Waals surface area contributed by atoms with Gasteiger partial charge in [0.2, 0.25) is 0 Å². The molecule has 0 aromatic heterocycles. The summed E-state index contributed by atoms with van der Waals surface area (Å²) in [4.78, 5) is 4.36. The first kappa shape index (κ1) is 17.8. The summed E-state index contributed by atoms with van der Waals surface area (Å²) in [5, 5.41) is 47.2. The van der Waals surface area contributed by atoms with Crippen LogP contribution in [0.3, 0.4) is 0 Å². The van der Waals surface area contributed by atoms with Crippen LogP contribution in [0.4, 0.5) is 0 Å². The van der Waals surface area contributed by atoms with E-state index in [1.165, 1.54) is 0 Å². The molecule has 4 unspecified atom stereocenters. The van der Waals surface area contributed by atoms with Crippen molar-refractivity contribution < 1.29 is 25.5 Å². The number of rotatable bonds is 7. The zero-order valence-electron chi connectivity index (χ0n) is 12.3. The molecule has 5 N–H and O–H groups in total. The summed E-state index contributed by atoms with van der Waals surface area (Å²) in [5.41, 5.74) is 0. The average molecular weight is 292 g/mol. The first-order valence-corrected chi connectivity index (χ1v) is 7.16. The van der Waals surface area contributed by atoms with Crippen molar-refractivity contribution in [2.75, 3.05) is 39.3 Å². The van der Waals surface area contributed by atoms with Crippen molar-refractivity contribution in [3.8, 4) is 0 Å². The molecule has 1 saturated heterocycles. The fourth-order valence-electron chi connectivity index (χ4n) is 2.40. The van der Waals surface area contributed by atoms with Gasteiger partial charge in [0.15, 0.2) is 0 Å². The zero-order valence-corrected chi connectivity index (χ0v) is 12.3. The predicted molar refractivity (Wildman–Crippen MR) is 74.3 cm³/mol. The Kier molecular flexibility index (Phi) is 7.32. The van der Waals surface area contributed by atoms with Crippen LogP contribution in [-0.4, -0.2) is 105 Å². The van der Waals surface area contributed by atoms with Gasteiger partial charge in [-0.05, 0) is 13.8 Å². The highest BCUT2D eigenvalue weighted by molar-refractivity contribution is 4.84. The minimum Gasteiger partial charge on any atom is -0.394 e. The fraction of sp³-hybridized carbons (Fsp3) is 1.00. The van der Waals surface area contributed by atoms with Crippen molar-refractivity contribution >= 4 is 0 Å². The monoisotopic (exact) mass is 292 g/mol. The van der Waals surface area contributed by atoms with Crippen LogP contribution in [0.1, 0.15) is 13.8 Å². The first-order chi connectivity index (χ1) is 9.36. The molecular weight excluding hydrogens is 264 g/mol. The number of hydrogen-bond donors (Lipinski definition) is 5. The average Bonchev–Trinajstić information content (AvgIpc) is 2.45. The number of aliphatic hydroxyl groups is 5. The lowest BCUT2D eigenvalue weighted by atomic mass is 10.0. The lowest BCUT2D eigenvalue weighted by Crippen LogP contribution is -2.54. The van der Waals surface area contributed by atoms with Gasteiger partial charge in [-0.25, -0.2) is 0 Å². The molecule has 1 rings (SSSR count). The van der Waals surface area contributed by atoms with Crippen LogP contribution in [0.25, 0.3) is 0 Å². The molecule has 0 saturated carbocycles. The second-order valence-electron chi connectivity index (χ2n) is 5.73. The number of piperazine rings is 1. The van der Waals surface area contributed by atoms with Gasteiger partial charge in [0.25, 0.3) is 0 Å². The Morgan fingerprint density at radius 3 is 1.80 bits per heavy atom. The van der Waals surface area contributed by atoms with Gasteiger partial charge in [-0.1, -0.05) is 0 Å². The summed E-state index contributed by atoms with van der Waals surface area (Å²) in [6.45, 7) is 7.26. The van der Waals surface area contributed by atoms with Crippen molar-refractivity contribution in [3.63, 3.8) is 0 Å². The quantitative estimate of drug-likeness (QED) is 0.351.